The molecule has 3 nitrogen and oxygen atoms in total. The molecular formula is C11H9BrN2O. The molecule has 0 amide bonds. The highest BCUT2D eigenvalue weighted by atomic mass is 79.9. The summed E-state index contributed by atoms with van der Waals surface area (Å²) in [6.07, 6.45) is 3.44. The number of hydrogen-bond donors (Lipinski definition) is 0. The molecule has 1 aromatic carbocycles. The van der Waals surface area contributed by atoms with Gasteiger partial charge in [0.15, 0.2) is 5.78 Å². The number of halogens is 1. The van der Waals surface area contributed by atoms with E-state index in [4.69, 9.17) is 0 Å². The average Bonchev–Trinajstić information content (AvgIpc) is 2.71. The Morgan fingerprint density at radius 2 is 2.07 bits per heavy atom. The second-order valence-electron chi connectivity index (χ2n) is 3.13. The summed E-state index contributed by atoms with van der Waals surface area (Å²) < 4.78 is 2.59. The Morgan fingerprint density at radius 1 is 1.33 bits per heavy atom. The lowest BCUT2D eigenvalue weighted by atomic mass is 10.1. The largest absolute Gasteiger partial charge is 0.292 e. The summed E-state index contributed by atoms with van der Waals surface area (Å²) in [7, 11) is 0. The minimum atomic E-state index is 0.0613. The molecule has 0 aliphatic heterocycles. The van der Waals surface area contributed by atoms with Gasteiger partial charge in [0.2, 0.25) is 0 Å². The fraction of sp³-hybridized carbons (Fsp3) is 0.0909. The van der Waals surface area contributed by atoms with E-state index < -0.39 is 0 Å². The summed E-state index contributed by atoms with van der Waals surface area (Å²) in [5.74, 6) is 0.0613. The van der Waals surface area contributed by atoms with Gasteiger partial charge in [0.05, 0.1) is 0 Å². The lowest BCUT2D eigenvalue weighted by Crippen LogP contribution is -2.10. The van der Waals surface area contributed by atoms with Crippen LogP contribution in [0.1, 0.15) is 10.4 Å². The van der Waals surface area contributed by atoms with E-state index in [1.54, 1.807) is 35.3 Å². The maximum absolute atomic E-state index is 11.7. The standard InChI is InChI=1S/C11H9BrN2O/c12-10-4-2-9(3-5-10)11(15)8-14-7-1-6-13-14/h1-7H,8H2. The third kappa shape index (κ3) is 2.53. The van der Waals surface area contributed by atoms with Gasteiger partial charge in [-0.05, 0) is 18.2 Å². The molecule has 1 heterocycles. The molecular weight excluding hydrogens is 256 g/mol. The Hall–Kier alpha value is -1.42. The Labute approximate surface area is 95.9 Å². The zero-order valence-corrected chi connectivity index (χ0v) is 9.52. The lowest BCUT2D eigenvalue weighted by Gasteiger charge is -2.01. The molecule has 0 N–H and O–H groups in total. The molecule has 15 heavy (non-hydrogen) atoms. The van der Waals surface area contributed by atoms with Gasteiger partial charge in [0, 0.05) is 22.4 Å². The Kier molecular flexibility index (Phi) is 2.97. The van der Waals surface area contributed by atoms with Crippen LogP contribution < -0.4 is 0 Å². The predicted molar refractivity (Wildman–Crippen MR) is 60.7 cm³/mol. The number of carbonyl (C=O) groups excluding carboxylic acids is 1. The smallest absolute Gasteiger partial charge is 0.184 e. The third-order valence-electron chi connectivity index (χ3n) is 2.03. The van der Waals surface area contributed by atoms with E-state index in [1.807, 2.05) is 12.1 Å². The van der Waals surface area contributed by atoms with Crippen LogP contribution in [0, 0.1) is 0 Å². The number of hydrogen-bond acceptors (Lipinski definition) is 2. The fourth-order valence-corrected chi connectivity index (χ4v) is 1.53. The van der Waals surface area contributed by atoms with Crippen molar-refractivity contribution >= 4 is 21.7 Å². The van der Waals surface area contributed by atoms with Gasteiger partial charge in [-0.1, -0.05) is 28.1 Å². The van der Waals surface area contributed by atoms with Gasteiger partial charge in [0.25, 0.3) is 0 Å². The monoisotopic (exact) mass is 264 g/mol. The van der Waals surface area contributed by atoms with E-state index in [0.717, 1.165) is 4.47 Å². The second kappa shape index (κ2) is 4.40. The van der Waals surface area contributed by atoms with Crippen LogP contribution in [0.4, 0.5) is 0 Å². The summed E-state index contributed by atoms with van der Waals surface area (Å²) in [6, 6.07) is 9.12. The van der Waals surface area contributed by atoms with Crippen molar-refractivity contribution < 1.29 is 4.79 Å². The summed E-state index contributed by atoms with van der Waals surface area (Å²) in [6.45, 7) is 0.286. The van der Waals surface area contributed by atoms with Gasteiger partial charge >= 0.3 is 0 Å². The highest BCUT2D eigenvalue weighted by Crippen LogP contribution is 2.11. The third-order valence-corrected chi connectivity index (χ3v) is 2.56. The van der Waals surface area contributed by atoms with Crippen molar-refractivity contribution in [2.24, 2.45) is 0 Å². The molecule has 0 radical (unpaired) electrons. The zero-order chi connectivity index (χ0) is 10.7. The molecule has 1 aromatic heterocycles. The molecule has 0 aliphatic carbocycles. The van der Waals surface area contributed by atoms with Crippen molar-refractivity contribution in [1.82, 2.24) is 9.78 Å². The molecule has 0 saturated heterocycles. The average molecular weight is 265 g/mol. The first-order valence-electron chi connectivity index (χ1n) is 4.52. The Morgan fingerprint density at radius 3 is 2.67 bits per heavy atom. The van der Waals surface area contributed by atoms with Crippen molar-refractivity contribution in [2.45, 2.75) is 6.54 Å². The maximum Gasteiger partial charge on any atom is 0.184 e. The van der Waals surface area contributed by atoms with Gasteiger partial charge in [-0.2, -0.15) is 5.10 Å². The second-order valence-corrected chi connectivity index (χ2v) is 4.05. The Balaban J connectivity index is 2.11. The van der Waals surface area contributed by atoms with Crippen LogP contribution >= 0.6 is 15.9 Å². The van der Waals surface area contributed by atoms with Crippen molar-refractivity contribution in [1.29, 1.82) is 0 Å². The minimum Gasteiger partial charge on any atom is -0.292 e. The van der Waals surface area contributed by atoms with Crippen molar-refractivity contribution in [2.75, 3.05) is 0 Å². The van der Waals surface area contributed by atoms with Gasteiger partial charge in [0.1, 0.15) is 6.54 Å². The summed E-state index contributed by atoms with van der Waals surface area (Å²) >= 11 is 3.33. The SMILES string of the molecule is O=C(Cn1cccn1)c1ccc(Br)cc1. The van der Waals surface area contributed by atoms with Crippen LogP contribution in [0.15, 0.2) is 47.2 Å². The quantitative estimate of drug-likeness (QED) is 0.799. The van der Waals surface area contributed by atoms with Crippen LogP contribution in [0.2, 0.25) is 0 Å². The number of ketones is 1. The lowest BCUT2D eigenvalue weighted by molar-refractivity contribution is 0.0967. The summed E-state index contributed by atoms with van der Waals surface area (Å²) in [4.78, 5) is 11.7. The van der Waals surface area contributed by atoms with E-state index in [-0.39, 0.29) is 12.3 Å². The van der Waals surface area contributed by atoms with Gasteiger partial charge in [-0.25, -0.2) is 0 Å². The first-order chi connectivity index (χ1) is 7.25. The zero-order valence-electron chi connectivity index (χ0n) is 7.93. The van der Waals surface area contributed by atoms with Gasteiger partial charge < -0.3 is 0 Å². The maximum atomic E-state index is 11.7. The van der Waals surface area contributed by atoms with Gasteiger partial charge in [-0.15, -0.1) is 0 Å². The first kappa shape index (κ1) is 10.1. The molecule has 0 unspecified atom stereocenters. The molecule has 0 fully saturated rings. The number of nitrogens with zero attached hydrogens (tertiary/aromatic N) is 2. The van der Waals surface area contributed by atoms with Gasteiger partial charge in [-0.3, -0.25) is 9.48 Å². The number of benzene rings is 1. The van der Waals surface area contributed by atoms with Crippen molar-refractivity contribution in [3.8, 4) is 0 Å². The van der Waals surface area contributed by atoms with Crippen LogP contribution in [0.5, 0.6) is 0 Å². The first-order valence-corrected chi connectivity index (χ1v) is 5.31. The molecule has 2 aromatic rings. The minimum absolute atomic E-state index is 0.0613. The molecule has 4 heteroatoms. The molecule has 2 rings (SSSR count). The number of Topliss-reactive ketones (excluding diaryl/α,β-unsaturated/α-hetero) is 1. The normalized spacial score (nSPS) is 10.2. The molecule has 0 bridgehead atoms. The predicted octanol–water partition coefficient (Wildman–Crippen LogP) is 2.53. The molecule has 0 atom stereocenters. The van der Waals surface area contributed by atoms with Crippen LogP contribution in [-0.2, 0) is 6.54 Å². The van der Waals surface area contributed by atoms with E-state index in [9.17, 15) is 4.79 Å². The van der Waals surface area contributed by atoms with E-state index >= 15 is 0 Å². The topological polar surface area (TPSA) is 34.9 Å². The van der Waals surface area contributed by atoms with Crippen LogP contribution in [0.25, 0.3) is 0 Å². The van der Waals surface area contributed by atoms with Crippen molar-refractivity contribution in [3.05, 3.63) is 52.8 Å². The summed E-state index contributed by atoms with van der Waals surface area (Å²) in [5, 5.41) is 3.99. The Bertz CT molecular complexity index is 448. The highest BCUT2D eigenvalue weighted by Gasteiger charge is 2.05. The van der Waals surface area contributed by atoms with E-state index in [0.29, 0.717) is 5.56 Å². The number of carbonyl (C=O) groups is 1. The van der Waals surface area contributed by atoms with Crippen LogP contribution in [0.3, 0.4) is 0 Å². The summed E-state index contributed by atoms with van der Waals surface area (Å²) in [5.41, 5.74) is 0.703. The van der Waals surface area contributed by atoms with E-state index in [2.05, 4.69) is 21.0 Å². The molecule has 0 saturated carbocycles. The molecule has 0 spiro atoms. The molecule has 0 aliphatic rings. The number of rotatable bonds is 3. The van der Waals surface area contributed by atoms with Crippen LogP contribution in [-0.4, -0.2) is 15.6 Å². The highest BCUT2D eigenvalue weighted by molar-refractivity contribution is 9.10. The molecule has 76 valence electrons. The van der Waals surface area contributed by atoms with Crippen molar-refractivity contribution in [3.63, 3.8) is 0 Å². The number of aromatic nitrogens is 2. The fourth-order valence-electron chi connectivity index (χ4n) is 1.27. The van der Waals surface area contributed by atoms with E-state index in [1.165, 1.54) is 0 Å².